The zero-order chi connectivity index (χ0) is 12.3. The number of anilines is 2. The predicted molar refractivity (Wildman–Crippen MR) is 74.3 cm³/mol. The fourth-order valence-electron chi connectivity index (χ4n) is 1.86. The lowest BCUT2D eigenvalue weighted by atomic mass is 10.2. The molecule has 0 spiro atoms. The normalized spacial score (nSPS) is 10.7. The number of rotatable bonds is 4. The second kappa shape index (κ2) is 5.04. The second-order valence-corrected chi connectivity index (χ2v) is 4.40. The molecule has 17 heavy (non-hydrogen) atoms. The Kier molecular flexibility index (Phi) is 3.47. The van der Waals surface area contributed by atoms with Gasteiger partial charge in [-0.3, -0.25) is 0 Å². The second-order valence-electron chi connectivity index (χ2n) is 4.40. The standard InChI is InChI=1S/C14H19N3/c1-3-4-9-17(2)14-8-5-11-10-12(15)6-7-13(11)16-14/h5-8,10H,3-4,9,15H2,1-2H3. The summed E-state index contributed by atoms with van der Waals surface area (Å²) in [7, 11) is 2.08. The van der Waals surface area contributed by atoms with Crippen LogP contribution >= 0.6 is 0 Å². The Bertz CT molecular complexity index is 508. The van der Waals surface area contributed by atoms with Crippen molar-refractivity contribution in [1.82, 2.24) is 4.98 Å². The minimum Gasteiger partial charge on any atom is -0.399 e. The maximum absolute atomic E-state index is 5.75. The first kappa shape index (κ1) is 11.7. The van der Waals surface area contributed by atoms with Crippen molar-refractivity contribution in [3.63, 3.8) is 0 Å². The summed E-state index contributed by atoms with van der Waals surface area (Å²) in [6.45, 7) is 3.24. The Morgan fingerprint density at radius 2 is 2.06 bits per heavy atom. The topological polar surface area (TPSA) is 42.1 Å². The highest BCUT2D eigenvalue weighted by Crippen LogP contribution is 2.19. The molecule has 2 N–H and O–H groups in total. The molecule has 0 aliphatic carbocycles. The van der Waals surface area contributed by atoms with E-state index < -0.39 is 0 Å². The molecule has 0 aliphatic rings. The van der Waals surface area contributed by atoms with Crippen LogP contribution in [0.25, 0.3) is 10.9 Å². The van der Waals surface area contributed by atoms with Gasteiger partial charge < -0.3 is 10.6 Å². The van der Waals surface area contributed by atoms with Crippen molar-refractivity contribution in [2.75, 3.05) is 24.2 Å². The summed E-state index contributed by atoms with van der Waals surface area (Å²) in [5.41, 5.74) is 7.53. The van der Waals surface area contributed by atoms with Crippen LogP contribution in [0.4, 0.5) is 11.5 Å². The Labute approximate surface area is 102 Å². The summed E-state index contributed by atoms with van der Waals surface area (Å²) in [6.07, 6.45) is 2.40. The van der Waals surface area contributed by atoms with Crippen LogP contribution in [-0.2, 0) is 0 Å². The average molecular weight is 229 g/mol. The monoisotopic (exact) mass is 229 g/mol. The van der Waals surface area contributed by atoms with Crippen molar-refractivity contribution in [2.45, 2.75) is 19.8 Å². The molecule has 3 heteroatoms. The number of benzene rings is 1. The molecule has 0 bridgehead atoms. The van der Waals surface area contributed by atoms with Gasteiger partial charge in [0.2, 0.25) is 0 Å². The zero-order valence-electron chi connectivity index (χ0n) is 10.5. The van der Waals surface area contributed by atoms with Crippen LogP contribution in [0, 0.1) is 0 Å². The zero-order valence-corrected chi connectivity index (χ0v) is 10.5. The quantitative estimate of drug-likeness (QED) is 0.819. The fraction of sp³-hybridized carbons (Fsp3) is 0.357. The van der Waals surface area contributed by atoms with Gasteiger partial charge in [-0.05, 0) is 36.8 Å². The van der Waals surface area contributed by atoms with Crippen LogP contribution < -0.4 is 10.6 Å². The minimum absolute atomic E-state index is 0.784. The van der Waals surface area contributed by atoms with Gasteiger partial charge >= 0.3 is 0 Å². The Morgan fingerprint density at radius 1 is 1.24 bits per heavy atom. The van der Waals surface area contributed by atoms with Gasteiger partial charge in [-0.2, -0.15) is 0 Å². The van der Waals surface area contributed by atoms with E-state index in [4.69, 9.17) is 5.73 Å². The molecular weight excluding hydrogens is 210 g/mol. The van der Waals surface area contributed by atoms with Crippen molar-refractivity contribution >= 4 is 22.4 Å². The molecule has 0 unspecified atom stereocenters. The van der Waals surface area contributed by atoms with Gasteiger partial charge in [0.05, 0.1) is 5.52 Å². The molecule has 0 saturated carbocycles. The molecule has 1 heterocycles. The number of unbranched alkanes of at least 4 members (excludes halogenated alkanes) is 1. The summed E-state index contributed by atoms with van der Waals surface area (Å²) in [5, 5.41) is 1.10. The number of nitrogens with zero attached hydrogens (tertiary/aromatic N) is 2. The van der Waals surface area contributed by atoms with Crippen LogP contribution in [0.2, 0.25) is 0 Å². The van der Waals surface area contributed by atoms with Crippen molar-refractivity contribution in [1.29, 1.82) is 0 Å². The molecule has 1 aromatic carbocycles. The third kappa shape index (κ3) is 2.67. The Balaban J connectivity index is 2.28. The molecule has 0 amide bonds. The van der Waals surface area contributed by atoms with Crippen LogP contribution in [0.1, 0.15) is 19.8 Å². The lowest BCUT2D eigenvalue weighted by molar-refractivity contribution is 0.761. The van der Waals surface area contributed by atoms with Crippen LogP contribution in [0.15, 0.2) is 30.3 Å². The first-order valence-corrected chi connectivity index (χ1v) is 6.08. The van der Waals surface area contributed by atoms with Gasteiger partial charge in [0.25, 0.3) is 0 Å². The van der Waals surface area contributed by atoms with Crippen molar-refractivity contribution < 1.29 is 0 Å². The van der Waals surface area contributed by atoms with E-state index >= 15 is 0 Å². The number of nitrogen functional groups attached to an aromatic ring is 1. The maximum Gasteiger partial charge on any atom is 0.128 e. The predicted octanol–water partition coefficient (Wildman–Crippen LogP) is 3.05. The number of pyridine rings is 1. The summed E-state index contributed by atoms with van der Waals surface area (Å²) in [6, 6.07) is 9.96. The lowest BCUT2D eigenvalue weighted by Crippen LogP contribution is -2.19. The molecule has 1 aromatic heterocycles. The van der Waals surface area contributed by atoms with Crippen molar-refractivity contribution in [3.05, 3.63) is 30.3 Å². The summed E-state index contributed by atoms with van der Waals surface area (Å²) in [4.78, 5) is 6.83. The van der Waals surface area contributed by atoms with Gasteiger partial charge in [-0.25, -0.2) is 4.98 Å². The van der Waals surface area contributed by atoms with Gasteiger partial charge in [0.15, 0.2) is 0 Å². The third-order valence-corrected chi connectivity index (χ3v) is 2.94. The van der Waals surface area contributed by atoms with Gasteiger partial charge in [0.1, 0.15) is 5.82 Å². The van der Waals surface area contributed by atoms with E-state index in [1.54, 1.807) is 0 Å². The Hall–Kier alpha value is -1.77. The average Bonchev–Trinajstić information content (AvgIpc) is 2.35. The number of hydrogen-bond donors (Lipinski definition) is 1. The first-order valence-electron chi connectivity index (χ1n) is 6.08. The van der Waals surface area contributed by atoms with E-state index in [0.29, 0.717) is 0 Å². The van der Waals surface area contributed by atoms with Crippen molar-refractivity contribution in [2.24, 2.45) is 0 Å². The van der Waals surface area contributed by atoms with E-state index in [2.05, 4.69) is 36.0 Å². The SMILES string of the molecule is CCCCN(C)c1ccc2cc(N)ccc2n1. The smallest absolute Gasteiger partial charge is 0.128 e. The van der Waals surface area contributed by atoms with E-state index in [1.807, 2.05) is 18.2 Å². The molecule has 0 saturated heterocycles. The van der Waals surface area contributed by atoms with Crippen LogP contribution in [0.5, 0.6) is 0 Å². The number of fused-ring (bicyclic) bond motifs is 1. The summed E-state index contributed by atoms with van der Waals surface area (Å²) < 4.78 is 0. The van der Waals surface area contributed by atoms with Crippen LogP contribution in [0.3, 0.4) is 0 Å². The minimum atomic E-state index is 0.784. The molecule has 0 aliphatic heterocycles. The highest BCUT2D eigenvalue weighted by molar-refractivity contribution is 5.83. The van der Waals surface area contributed by atoms with Gasteiger partial charge in [-0.1, -0.05) is 13.3 Å². The molecule has 0 radical (unpaired) electrons. The molecule has 2 aromatic rings. The largest absolute Gasteiger partial charge is 0.399 e. The van der Waals surface area contributed by atoms with Gasteiger partial charge in [-0.15, -0.1) is 0 Å². The highest BCUT2D eigenvalue weighted by atomic mass is 15.2. The van der Waals surface area contributed by atoms with E-state index in [-0.39, 0.29) is 0 Å². The number of nitrogens with two attached hydrogens (primary N) is 1. The van der Waals surface area contributed by atoms with Crippen molar-refractivity contribution in [3.8, 4) is 0 Å². The lowest BCUT2D eigenvalue weighted by Gasteiger charge is -2.18. The number of aromatic nitrogens is 1. The Morgan fingerprint density at radius 3 is 2.82 bits per heavy atom. The van der Waals surface area contributed by atoms with Crippen LogP contribution in [-0.4, -0.2) is 18.6 Å². The first-order chi connectivity index (χ1) is 8.20. The number of hydrogen-bond acceptors (Lipinski definition) is 3. The third-order valence-electron chi connectivity index (χ3n) is 2.94. The summed E-state index contributed by atoms with van der Waals surface area (Å²) in [5.74, 6) is 1.02. The van der Waals surface area contributed by atoms with E-state index in [9.17, 15) is 0 Å². The van der Waals surface area contributed by atoms with Gasteiger partial charge in [0, 0.05) is 24.7 Å². The molecule has 90 valence electrons. The highest BCUT2D eigenvalue weighted by Gasteiger charge is 2.03. The fourth-order valence-corrected chi connectivity index (χ4v) is 1.86. The molecular formula is C14H19N3. The molecule has 2 rings (SSSR count). The molecule has 3 nitrogen and oxygen atoms in total. The maximum atomic E-state index is 5.75. The molecule has 0 fully saturated rings. The van der Waals surface area contributed by atoms with E-state index in [0.717, 1.165) is 29.0 Å². The van der Waals surface area contributed by atoms with E-state index in [1.165, 1.54) is 12.8 Å². The molecule has 0 atom stereocenters. The summed E-state index contributed by atoms with van der Waals surface area (Å²) >= 11 is 0.